The first-order chi connectivity index (χ1) is 10.1. The van der Waals surface area contributed by atoms with Crippen molar-refractivity contribution >= 4 is 17.1 Å². The van der Waals surface area contributed by atoms with Crippen molar-refractivity contribution in [2.45, 2.75) is 0 Å². The second kappa shape index (κ2) is 6.12. The third-order valence-electron chi connectivity index (χ3n) is 4.95. The molecule has 21 heavy (non-hydrogen) atoms. The largest absolute Gasteiger partial charge is 0.397 e. The molecule has 116 valence electrons. The van der Waals surface area contributed by atoms with Gasteiger partial charge < -0.3 is 25.3 Å². The van der Waals surface area contributed by atoms with Crippen LogP contribution >= 0.6 is 0 Å². The van der Waals surface area contributed by atoms with E-state index in [2.05, 4.69) is 42.1 Å². The third kappa shape index (κ3) is 3.24. The molecule has 2 aliphatic heterocycles. The van der Waals surface area contributed by atoms with Crippen LogP contribution in [0.5, 0.6) is 0 Å². The normalized spacial score (nSPS) is 21.8. The number of nitrogen functional groups attached to an aromatic ring is 1. The Hall–Kier alpha value is -1.46. The second-order valence-electron chi connectivity index (χ2n) is 6.63. The Bertz CT molecular complexity index is 474. The maximum Gasteiger partial charge on any atom is 0.0947 e. The summed E-state index contributed by atoms with van der Waals surface area (Å²) in [7, 11) is 4.54. The van der Waals surface area contributed by atoms with E-state index in [1.807, 2.05) is 0 Å². The van der Waals surface area contributed by atoms with Gasteiger partial charge in [0, 0.05) is 5.69 Å². The maximum absolute atomic E-state index is 6.24. The molecule has 2 saturated heterocycles. The lowest BCUT2D eigenvalue weighted by molar-refractivity contribution is -0.880. The van der Waals surface area contributed by atoms with Crippen LogP contribution in [0, 0.1) is 0 Å². The molecule has 0 aromatic heterocycles. The number of benzene rings is 1. The van der Waals surface area contributed by atoms with Crippen LogP contribution in [0.1, 0.15) is 0 Å². The fourth-order valence-corrected chi connectivity index (χ4v) is 3.28. The molecule has 0 saturated carbocycles. The molecule has 4 N–H and O–H groups in total. The molecule has 2 aliphatic rings. The van der Waals surface area contributed by atoms with Crippen LogP contribution in [-0.4, -0.2) is 66.5 Å². The summed E-state index contributed by atoms with van der Waals surface area (Å²) in [6.45, 7) is 9.32. The first kappa shape index (κ1) is 14.5. The summed E-state index contributed by atoms with van der Waals surface area (Å²) in [6.07, 6.45) is 0. The van der Waals surface area contributed by atoms with Gasteiger partial charge >= 0.3 is 0 Å². The summed E-state index contributed by atoms with van der Waals surface area (Å²) in [5.74, 6) is 0. The number of nitrogens with two attached hydrogens (primary N) is 1. The fourth-order valence-electron chi connectivity index (χ4n) is 3.28. The minimum Gasteiger partial charge on any atom is -0.397 e. The van der Waals surface area contributed by atoms with Crippen molar-refractivity contribution in [1.29, 1.82) is 0 Å². The van der Waals surface area contributed by atoms with E-state index >= 15 is 0 Å². The number of piperazine rings is 2. The molecule has 0 atom stereocenters. The lowest BCUT2D eigenvalue weighted by atomic mass is 10.1. The zero-order chi connectivity index (χ0) is 14.8. The van der Waals surface area contributed by atoms with E-state index in [-0.39, 0.29) is 0 Å². The molecule has 1 aromatic rings. The topological polar surface area (TPSA) is 41.4 Å². The molecule has 5 nitrogen and oxygen atoms in total. The number of nitrogens with zero attached hydrogens (tertiary/aromatic N) is 2. The predicted molar refractivity (Wildman–Crippen MR) is 88.5 cm³/mol. The van der Waals surface area contributed by atoms with E-state index in [0.717, 1.165) is 31.9 Å². The van der Waals surface area contributed by atoms with Crippen LogP contribution in [0.2, 0.25) is 0 Å². The third-order valence-corrected chi connectivity index (χ3v) is 4.95. The summed E-state index contributed by atoms with van der Waals surface area (Å²) in [5, 5.41) is 0. The van der Waals surface area contributed by atoms with Gasteiger partial charge in [0.25, 0.3) is 0 Å². The molecule has 2 heterocycles. The molecular weight excluding hydrogens is 262 g/mol. The molecule has 0 radical (unpaired) electrons. The minimum absolute atomic E-state index is 0.915. The quantitative estimate of drug-likeness (QED) is 0.549. The maximum atomic E-state index is 6.24. The number of rotatable bonds is 2. The number of anilines is 3. The summed E-state index contributed by atoms with van der Waals surface area (Å²) in [6, 6.07) is 6.57. The highest BCUT2D eigenvalue weighted by Crippen LogP contribution is 2.29. The number of quaternary nitrogens is 2. The van der Waals surface area contributed by atoms with Gasteiger partial charge in [-0.1, -0.05) is 0 Å². The molecule has 0 spiro atoms. The van der Waals surface area contributed by atoms with Gasteiger partial charge in [0.1, 0.15) is 0 Å². The van der Waals surface area contributed by atoms with Gasteiger partial charge in [-0.2, -0.15) is 0 Å². The lowest BCUT2D eigenvalue weighted by Gasteiger charge is -2.35. The van der Waals surface area contributed by atoms with Crippen molar-refractivity contribution in [2.24, 2.45) is 0 Å². The molecule has 1 aromatic carbocycles. The van der Waals surface area contributed by atoms with Crippen molar-refractivity contribution in [1.82, 2.24) is 0 Å². The zero-order valence-corrected chi connectivity index (χ0v) is 13.4. The van der Waals surface area contributed by atoms with Crippen molar-refractivity contribution < 1.29 is 9.80 Å². The van der Waals surface area contributed by atoms with Crippen LogP contribution in [-0.2, 0) is 0 Å². The Kier molecular flexibility index (Phi) is 4.22. The highest BCUT2D eigenvalue weighted by atomic mass is 15.3. The highest BCUT2D eigenvalue weighted by Gasteiger charge is 2.21. The summed E-state index contributed by atoms with van der Waals surface area (Å²) >= 11 is 0. The Morgan fingerprint density at radius 3 is 1.95 bits per heavy atom. The van der Waals surface area contributed by atoms with Crippen LogP contribution in [0.15, 0.2) is 18.2 Å². The highest BCUT2D eigenvalue weighted by molar-refractivity contribution is 5.73. The Balaban J connectivity index is 1.76. The van der Waals surface area contributed by atoms with Gasteiger partial charge in [0.05, 0.1) is 77.8 Å². The Morgan fingerprint density at radius 2 is 1.38 bits per heavy atom. The first-order valence-corrected chi connectivity index (χ1v) is 8.15. The van der Waals surface area contributed by atoms with E-state index in [4.69, 9.17) is 5.73 Å². The lowest BCUT2D eigenvalue weighted by Crippen LogP contribution is -3.12. The fraction of sp³-hybridized carbons (Fsp3) is 0.625. The van der Waals surface area contributed by atoms with E-state index < -0.39 is 0 Å². The second-order valence-corrected chi connectivity index (χ2v) is 6.63. The molecular formula is C16H29N5+2. The molecule has 2 fully saturated rings. The molecule has 0 amide bonds. The van der Waals surface area contributed by atoms with E-state index in [1.54, 1.807) is 9.80 Å². The van der Waals surface area contributed by atoms with Gasteiger partial charge in [-0.25, -0.2) is 0 Å². The van der Waals surface area contributed by atoms with Crippen LogP contribution in [0.3, 0.4) is 0 Å². The molecule has 0 aliphatic carbocycles. The summed E-state index contributed by atoms with van der Waals surface area (Å²) < 4.78 is 0. The average molecular weight is 291 g/mol. The minimum atomic E-state index is 0.915. The Labute approximate surface area is 127 Å². The van der Waals surface area contributed by atoms with Crippen molar-refractivity contribution in [3.63, 3.8) is 0 Å². The van der Waals surface area contributed by atoms with Crippen LogP contribution in [0.25, 0.3) is 0 Å². The first-order valence-electron chi connectivity index (χ1n) is 8.15. The van der Waals surface area contributed by atoms with Gasteiger partial charge in [0.2, 0.25) is 0 Å². The smallest absolute Gasteiger partial charge is 0.0947 e. The van der Waals surface area contributed by atoms with Gasteiger partial charge in [0.15, 0.2) is 0 Å². The van der Waals surface area contributed by atoms with E-state index in [0.29, 0.717) is 0 Å². The van der Waals surface area contributed by atoms with Crippen molar-refractivity contribution in [2.75, 3.05) is 82.0 Å². The predicted octanol–water partition coefficient (Wildman–Crippen LogP) is -2.06. The number of likely N-dealkylation sites (N-methyl/N-ethyl adjacent to an activating group) is 2. The van der Waals surface area contributed by atoms with E-state index in [1.165, 1.54) is 37.6 Å². The summed E-state index contributed by atoms with van der Waals surface area (Å²) in [4.78, 5) is 8.19. The van der Waals surface area contributed by atoms with Gasteiger partial charge in [-0.05, 0) is 18.2 Å². The molecule has 3 rings (SSSR count). The van der Waals surface area contributed by atoms with Crippen LogP contribution < -0.4 is 25.3 Å². The average Bonchev–Trinajstić information content (AvgIpc) is 2.50. The van der Waals surface area contributed by atoms with Crippen molar-refractivity contribution in [3.05, 3.63) is 18.2 Å². The number of hydrogen-bond donors (Lipinski definition) is 3. The molecule has 5 heteroatoms. The molecule has 0 bridgehead atoms. The standard InChI is InChI=1S/C16H27N5/c1-18-5-9-20(10-6-18)14-3-4-15(17)16(13-14)21-11-7-19(2)8-12-21/h3-4,13H,5-12,17H2,1-2H3/p+2. The monoisotopic (exact) mass is 291 g/mol. The number of hydrogen-bond acceptors (Lipinski definition) is 3. The zero-order valence-electron chi connectivity index (χ0n) is 13.4. The van der Waals surface area contributed by atoms with E-state index in [9.17, 15) is 0 Å². The van der Waals surface area contributed by atoms with Gasteiger partial charge in [-0.15, -0.1) is 0 Å². The van der Waals surface area contributed by atoms with Gasteiger partial charge in [-0.3, -0.25) is 0 Å². The summed E-state index contributed by atoms with van der Waals surface area (Å²) in [5.41, 5.74) is 9.71. The molecule has 0 unspecified atom stereocenters. The van der Waals surface area contributed by atoms with Crippen LogP contribution in [0.4, 0.5) is 17.1 Å². The number of nitrogens with one attached hydrogen (secondary N) is 2. The van der Waals surface area contributed by atoms with Crippen molar-refractivity contribution in [3.8, 4) is 0 Å². The SMILES string of the molecule is C[NH+]1CCN(c2ccc(N)c(N3CC[NH+](C)CC3)c2)CC1. The Morgan fingerprint density at radius 1 is 0.857 bits per heavy atom.